The van der Waals surface area contributed by atoms with Gasteiger partial charge in [0.05, 0.1) is 64.1 Å². The van der Waals surface area contributed by atoms with Crippen LogP contribution in [-0.4, -0.2) is 57.8 Å². The molecule has 10 nitrogen and oxygen atoms in total. The zero-order valence-electron chi connectivity index (χ0n) is 30.1. The van der Waals surface area contributed by atoms with E-state index >= 15 is 0 Å². The predicted octanol–water partition coefficient (Wildman–Crippen LogP) is 8.14. The standard InChI is InChI=1S/C43H40N4O6/c1-50-36-21-26(20-28(24-48)33(36)25-49)39-41-31(14-16-44-39)29-10-5-7-12-34(29)46(41)18-9-19-47-35-13-8-6-11-30(35)32-15-17-45-40(42(32)47)27-22-37(51-2)43(53-4)38(23-27)52-3/h5-8,10-17,20-23,48-49H,9,18-19,24-25H2,1-4H3. The third-order valence-corrected chi connectivity index (χ3v) is 10.2. The maximum Gasteiger partial charge on any atom is 0.203 e. The van der Waals surface area contributed by atoms with E-state index in [1.165, 1.54) is 0 Å². The van der Waals surface area contributed by atoms with Gasteiger partial charge in [-0.05, 0) is 60.5 Å². The minimum atomic E-state index is -0.239. The van der Waals surface area contributed by atoms with Gasteiger partial charge in [0.1, 0.15) is 5.75 Å². The van der Waals surface area contributed by atoms with E-state index in [-0.39, 0.29) is 13.2 Å². The van der Waals surface area contributed by atoms with Crippen molar-refractivity contribution in [3.05, 3.63) is 108 Å². The molecule has 4 aromatic carbocycles. The molecule has 0 saturated carbocycles. The first kappa shape index (κ1) is 34.0. The lowest BCUT2D eigenvalue weighted by Crippen LogP contribution is -2.06. The van der Waals surface area contributed by atoms with Crippen molar-refractivity contribution in [3.63, 3.8) is 0 Å². The zero-order chi connectivity index (χ0) is 36.6. The number of aliphatic hydroxyl groups excluding tert-OH is 2. The van der Waals surface area contributed by atoms with E-state index in [4.69, 9.17) is 28.9 Å². The van der Waals surface area contributed by atoms with Gasteiger partial charge in [0.25, 0.3) is 0 Å². The summed E-state index contributed by atoms with van der Waals surface area (Å²) in [5.41, 5.74) is 8.70. The van der Waals surface area contributed by atoms with E-state index in [9.17, 15) is 10.2 Å². The number of nitrogens with zero attached hydrogens (tertiary/aromatic N) is 4. The van der Waals surface area contributed by atoms with Gasteiger partial charge in [-0.1, -0.05) is 36.4 Å². The van der Waals surface area contributed by atoms with Crippen molar-refractivity contribution in [3.8, 4) is 45.5 Å². The molecule has 0 aliphatic carbocycles. The van der Waals surface area contributed by atoms with Gasteiger partial charge in [0, 0.05) is 74.8 Å². The topological polar surface area (TPSA) is 113 Å². The number of para-hydroxylation sites is 2. The number of benzene rings is 4. The fourth-order valence-corrected chi connectivity index (χ4v) is 7.84. The van der Waals surface area contributed by atoms with Crippen molar-refractivity contribution >= 4 is 43.6 Å². The Hall–Kier alpha value is -6.10. The van der Waals surface area contributed by atoms with Crippen molar-refractivity contribution < 1.29 is 29.2 Å². The average molecular weight is 709 g/mol. The average Bonchev–Trinajstić information content (AvgIpc) is 3.72. The largest absolute Gasteiger partial charge is 0.496 e. The number of aryl methyl sites for hydroxylation is 2. The second-order valence-electron chi connectivity index (χ2n) is 12.8. The molecule has 0 unspecified atom stereocenters. The zero-order valence-corrected chi connectivity index (χ0v) is 30.1. The van der Waals surface area contributed by atoms with Crippen molar-refractivity contribution in [1.29, 1.82) is 0 Å². The van der Waals surface area contributed by atoms with Gasteiger partial charge < -0.3 is 38.3 Å². The lowest BCUT2D eigenvalue weighted by atomic mass is 10.00. The summed E-state index contributed by atoms with van der Waals surface area (Å²) in [6, 6.07) is 28.7. The summed E-state index contributed by atoms with van der Waals surface area (Å²) in [7, 11) is 6.41. The first-order valence-corrected chi connectivity index (χ1v) is 17.5. The van der Waals surface area contributed by atoms with Crippen LogP contribution in [0.2, 0.25) is 0 Å². The fraction of sp³-hybridized carbons (Fsp3) is 0.209. The Bertz CT molecular complexity index is 2410. The van der Waals surface area contributed by atoms with Gasteiger partial charge in [-0.3, -0.25) is 9.97 Å². The molecule has 0 amide bonds. The number of hydrogen-bond acceptors (Lipinski definition) is 8. The highest BCUT2D eigenvalue weighted by atomic mass is 16.5. The summed E-state index contributed by atoms with van der Waals surface area (Å²) >= 11 is 0. The van der Waals surface area contributed by atoms with Crippen LogP contribution >= 0.6 is 0 Å². The van der Waals surface area contributed by atoms with Crippen LogP contribution in [-0.2, 0) is 26.3 Å². The van der Waals surface area contributed by atoms with Gasteiger partial charge in [-0.15, -0.1) is 0 Å². The molecule has 0 fully saturated rings. The maximum atomic E-state index is 10.2. The van der Waals surface area contributed by atoms with Gasteiger partial charge in [0.15, 0.2) is 11.5 Å². The number of methoxy groups -OCH3 is 4. The van der Waals surface area contributed by atoms with Gasteiger partial charge in [0.2, 0.25) is 5.75 Å². The van der Waals surface area contributed by atoms with Gasteiger partial charge in [-0.25, -0.2) is 0 Å². The molecule has 8 rings (SSSR count). The fourth-order valence-electron chi connectivity index (χ4n) is 7.84. The number of rotatable bonds is 12. The minimum absolute atomic E-state index is 0.231. The van der Waals surface area contributed by atoms with E-state index in [2.05, 4.69) is 69.8 Å². The highest BCUT2D eigenvalue weighted by Gasteiger charge is 2.22. The third-order valence-electron chi connectivity index (χ3n) is 10.2. The first-order valence-electron chi connectivity index (χ1n) is 17.5. The van der Waals surface area contributed by atoms with Gasteiger partial charge >= 0.3 is 0 Å². The summed E-state index contributed by atoms with van der Waals surface area (Å²) in [5, 5.41) is 24.8. The number of pyridine rings is 2. The van der Waals surface area contributed by atoms with Crippen molar-refractivity contribution in [2.24, 2.45) is 0 Å². The van der Waals surface area contributed by atoms with Crippen LogP contribution in [0, 0.1) is 0 Å². The summed E-state index contributed by atoms with van der Waals surface area (Å²) in [4.78, 5) is 9.84. The predicted molar refractivity (Wildman–Crippen MR) is 208 cm³/mol. The molecule has 4 heterocycles. The monoisotopic (exact) mass is 708 g/mol. The summed E-state index contributed by atoms with van der Waals surface area (Å²) in [6.07, 6.45) is 4.48. The molecule has 0 saturated heterocycles. The summed E-state index contributed by atoms with van der Waals surface area (Å²) in [5.74, 6) is 2.17. The number of ether oxygens (including phenoxy) is 4. The molecule has 0 atom stereocenters. The molecule has 4 aromatic heterocycles. The second kappa shape index (κ2) is 14.1. The highest BCUT2D eigenvalue weighted by Crippen LogP contribution is 2.44. The van der Waals surface area contributed by atoms with Crippen LogP contribution in [0.3, 0.4) is 0 Å². The van der Waals surface area contributed by atoms with E-state index in [0.29, 0.717) is 47.2 Å². The molecule has 0 aliphatic rings. The smallest absolute Gasteiger partial charge is 0.203 e. The SMILES string of the molecule is COc1cc(-c2nccc3c4ccccc4n(CCCn4c5ccccc5c5ccnc(-c6cc(OC)c(OC)c(OC)c6)c54)c23)cc(CO)c1CO. The number of aliphatic hydroxyl groups is 2. The molecule has 53 heavy (non-hydrogen) atoms. The normalized spacial score (nSPS) is 11.6. The molecule has 2 N–H and O–H groups in total. The Labute approximate surface area is 306 Å². The Balaban J connectivity index is 1.26. The summed E-state index contributed by atoms with van der Waals surface area (Å²) in [6.45, 7) is 0.946. The third kappa shape index (κ3) is 5.58. The molecular weight excluding hydrogens is 668 g/mol. The van der Waals surface area contributed by atoms with Crippen LogP contribution in [0.5, 0.6) is 23.0 Å². The maximum absolute atomic E-state index is 10.2. The van der Waals surface area contributed by atoms with Crippen LogP contribution < -0.4 is 18.9 Å². The first-order chi connectivity index (χ1) is 26.0. The Morgan fingerprint density at radius 3 is 1.51 bits per heavy atom. The Kier molecular flexibility index (Phi) is 9.07. The molecule has 8 aromatic rings. The molecule has 0 radical (unpaired) electrons. The number of fused-ring (bicyclic) bond motifs is 6. The molecule has 268 valence electrons. The van der Waals surface area contributed by atoms with Crippen LogP contribution in [0.1, 0.15) is 17.5 Å². The molecule has 0 bridgehead atoms. The molecule has 0 aliphatic heterocycles. The Morgan fingerprint density at radius 2 is 1.04 bits per heavy atom. The van der Waals surface area contributed by atoms with E-state index in [1.807, 2.05) is 36.7 Å². The molecular formula is C43H40N4O6. The van der Waals surface area contributed by atoms with Crippen LogP contribution in [0.15, 0.2) is 97.3 Å². The van der Waals surface area contributed by atoms with Crippen molar-refractivity contribution in [1.82, 2.24) is 19.1 Å². The van der Waals surface area contributed by atoms with E-state index in [0.717, 1.165) is 72.5 Å². The van der Waals surface area contributed by atoms with Crippen molar-refractivity contribution in [2.75, 3.05) is 28.4 Å². The second-order valence-corrected chi connectivity index (χ2v) is 12.8. The lowest BCUT2D eigenvalue weighted by Gasteiger charge is -2.16. The number of hydrogen-bond donors (Lipinski definition) is 2. The van der Waals surface area contributed by atoms with Gasteiger partial charge in [-0.2, -0.15) is 0 Å². The van der Waals surface area contributed by atoms with Crippen LogP contribution in [0.25, 0.3) is 66.1 Å². The lowest BCUT2D eigenvalue weighted by molar-refractivity contribution is 0.254. The quantitative estimate of drug-likeness (QED) is 0.131. The molecule has 10 heteroatoms. The Morgan fingerprint density at radius 1 is 0.547 bits per heavy atom. The summed E-state index contributed by atoms with van der Waals surface area (Å²) < 4.78 is 27.4. The van der Waals surface area contributed by atoms with E-state index in [1.54, 1.807) is 28.4 Å². The highest BCUT2D eigenvalue weighted by molar-refractivity contribution is 6.13. The minimum Gasteiger partial charge on any atom is -0.496 e. The molecule has 0 spiro atoms. The van der Waals surface area contributed by atoms with E-state index < -0.39 is 0 Å². The van der Waals surface area contributed by atoms with Crippen molar-refractivity contribution in [2.45, 2.75) is 32.7 Å². The van der Waals surface area contributed by atoms with Crippen LogP contribution in [0.4, 0.5) is 0 Å². The number of aromatic nitrogens is 4.